The molecule has 0 aliphatic heterocycles. The predicted octanol–water partition coefficient (Wildman–Crippen LogP) is 2.88. The summed E-state index contributed by atoms with van der Waals surface area (Å²) in [6.07, 6.45) is -4.91. The van der Waals surface area contributed by atoms with E-state index in [1.54, 1.807) is 6.92 Å². The quantitative estimate of drug-likeness (QED) is 0.780. The van der Waals surface area contributed by atoms with Crippen LogP contribution in [0.2, 0.25) is 0 Å². The second-order valence-corrected chi connectivity index (χ2v) is 4.08. The number of nitrogen functional groups attached to an aromatic ring is 1. The Morgan fingerprint density at radius 1 is 1.47 bits per heavy atom. The SMILES string of the molecule is CCOc1c(N)nsc1NCCCC(F)(F)F. The molecule has 0 fully saturated rings. The zero-order chi connectivity index (χ0) is 12.9. The molecular weight excluding hydrogens is 255 g/mol. The highest BCUT2D eigenvalue weighted by atomic mass is 32.1. The lowest BCUT2D eigenvalue weighted by molar-refractivity contribution is -0.134. The van der Waals surface area contributed by atoms with Gasteiger partial charge in [-0.3, -0.25) is 0 Å². The molecule has 0 atom stereocenters. The van der Waals surface area contributed by atoms with Gasteiger partial charge in [0.05, 0.1) is 6.61 Å². The fourth-order valence-electron chi connectivity index (χ4n) is 1.18. The number of nitrogens with one attached hydrogen (secondary N) is 1. The Morgan fingerprint density at radius 3 is 2.76 bits per heavy atom. The van der Waals surface area contributed by atoms with Crippen LogP contribution in [-0.4, -0.2) is 23.7 Å². The van der Waals surface area contributed by atoms with Crippen molar-refractivity contribution in [2.75, 3.05) is 24.2 Å². The lowest BCUT2D eigenvalue weighted by Crippen LogP contribution is -2.11. The van der Waals surface area contributed by atoms with Crippen molar-refractivity contribution in [1.29, 1.82) is 0 Å². The summed E-state index contributed by atoms with van der Waals surface area (Å²) in [5, 5.41) is 3.42. The Bertz CT molecular complexity index is 354. The molecule has 3 N–H and O–H groups in total. The van der Waals surface area contributed by atoms with Crippen LogP contribution < -0.4 is 15.8 Å². The number of rotatable bonds is 6. The maximum atomic E-state index is 11.9. The third kappa shape index (κ3) is 4.68. The highest BCUT2D eigenvalue weighted by Gasteiger charge is 2.26. The van der Waals surface area contributed by atoms with Crippen molar-refractivity contribution in [3.63, 3.8) is 0 Å². The third-order valence-corrected chi connectivity index (χ3v) is 2.69. The smallest absolute Gasteiger partial charge is 0.389 e. The molecule has 0 saturated heterocycles. The summed E-state index contributed by atoms with van der Waals surface area (Å²) >= 11 is 1.08. The number of alkyl halides is 3. The molecule has 1 aromatic rings. The predicted molar refractivity (Wildman–Crippen MR) is 61.5 cm³/mol. The standard InChI is InChI=1S/C9H14F3N3OS/c1-2-16-6-7(13)15-17-8(6)14-5-3-4-9(10,11)12/h14H,2-5H2,1H3,(H2,13,15). The number of hydrogen-bond acceptors (Lipinski definition) is 5. The van der Waals surface area contributed by atoms with Crippen LogP contribution in [0.25, 0.3) is 0 Å². The largest absolute Gasteiger partial charge is 0.487 e. The molecule has 0 aromatic carbocycles. The van der Waals surface area contributed by atoms with Crippen LogP contribution >= 0.6 is 11.5 Å². The van der Waals surface area contributed by atoms with Gasteiger partial charge in [-0.15, -0.1) is 0 Å². The molecule has 4 nitrogen and oxygen atoms in total. The number of halogens is 3. The lowest BCUT2D eigenvalue weighted by Gasteiger charge is -2.08. The summed E-state index contributed by atoms with van der Waals surface area (Å²) in [5.74, 6) is 0.680. The third-order valence-electron chi connectivity index (χ3n) is 1.89. The number of nitrogens with two attached hydrogens (primary N) is 1. The van der Waals surface area contributed by atoms with Crippen LogP contribution in [0, 0.1) is 0 Å². The minimum atomic E-state index is -4.11. The van der Waals surface area contributed by atoms with Crippen LogP contribution in [0.3, 0.4) is 0 Å². The van der Waals surface area contributed by atoms with E-state index in [4.69, 9.17) is 10.5 Å². The minimum Gasteiger partial charge on any atom is -0.487 e. The van der Waals surface area contributed by atoms with Crippen molar-refractivity contribution in [2.24, 2.45) is 0 Å². The van der Waals surface area contributed by atoms with E-state index in [0.717, 1.165) is 11.5 Å². The van der Waals surface area contributed by atoms with E-state index in [2.05, 4.69) is 9.69 Å². The zero-order valence-corrected chi connectivity index (χ0v) is 10.1. The average Bonchev–Trinajstić information content (AvgIpc) is 2.55. The Hall–Kier alpha value is -1.18. The molecule has 1 rings (SSSR count). The van der Waals surface area contributed by atoms with Gasteiger partial charge in [0.1, 0.15) is 0 Å². The first kappa shape index (κ1) is 13.9. The molecule has 98 valence electrons. The summed E-state index contributed by atoms with van der Waals surface area (Å²) in [4.78, 5) is 0. The van der Waals surface area contributed by atoms with Gasteiger partial charge in [-0.2, -0.15) is 17.5 Å². The Balaban J connectivity index is 2.41. The molecule has 1 heterocycles. The molecule has 0 amide bonds. The maximum Gasteiger partial charge on any atom is 0.389 e. The molecule has 0 saturated carbocycles. The van der Waals surface area contributed by atoms with E-state index in [0.29, 0.717) is 17.4 Å². The minimum absolute atomic E-state index is 0.00682. The van der Waals surface area contributed by atoms with Crippen LogP contribution in [-0.2, 0) is 0 Å². The molecule has 0 unspecified atom stereocenters. The summed E-state index contributed by atoms with van der Waals surface area (Å²) in [6.45, 7) is 2.44. The fourth-order valence-corrected chi connectivity index (χ4v) is 1.87. The first-order valence-electron chi connectivity index (χ1n) is 5.12. The number of aromatic nitrogens is 1. The van der Waals surface area contributed by atoms with E-state index in [1.807, 2.05) is 0 Å². The molecule has 8 heteroatoms. The first-order valence-corrected chi connectivity index (χ1v) is 5.90. The maximum absolute atomic E-state index is 11.9. The van der Waals surface area contributed by atoms with Crippen molar-refractivity contribution in [3.8, 4) is 5.75 Å². The van der Waals surface area contributed by atoms with Crippen LogP contribution in [0.5, 0.6) is 5.75 Å². The van der Waals surface area contributed by atoms with Crippen molar-refractivity contribution in [3.05, 3.63) is 0 Å². The molecule has 0 aliphatic carbocycles. The summed E-state index contributed by atoms with van der Waals surface area (Å²) in [6, 6.07) is 0. The van der Waals surface area contributed by atoms with E-state index in [-0.39, 0.29) is 18.8 Å². The molecule has 17 heavy (non-hydrogen) atoms. The summed E-state index contributed by atoms with van der Waals surface area (Å²) in [5.41, 5.74) is 5.56. The monoisotopic (exact) mass is 269 g/mol. The highest BCUT2D eigenvalue weighted by Crippen LogP contribution is 2.35. The Labute approximate surface area is 101 Å². The first-order chi connectivity index (χ1) is 7.94. The van der Waals surface area contributed by atoms with E-state index < -0.39 is 12.6 Å². The number of nitrogens with zero attached hydrogens (tertiary/aromatic N) is 1. The normalized spacial score (nSPS) is 11.5. The van der Waals surface area contributed by atoms with Gasteiger partial charge in [-0.25, -0.2) is 0 Å². The Kier molecular flexibility index (Phi) is 4.86. The van der Waals surface area contributed by atoms with Crippen molar-refractivity contribution < 1.29 is 17.9 Å². The molecule has 0 aliphatic rings. The lowest BCUT2D eigenvalue weighted by atomic mass is 10.3. The molecular formula is C9H14F3N3OS. The van der Waals surface area contributed by atoms with Crippen LogP contribution in [0.15, 0.2) is 0 Å². The van der Waals surface area contributed by atoms with Gasteiger partial charge in [0, 0.05) is 13.0 Å². The van der Waals surface area contributed by atoms with Crippen LogP contribution in [0.1, 0.15) is 19.8 Å². The van der Waals surface area contributed by atoms with Gasteiger partial charge < -0.3 is 15.8 Å². The van der Waals surface area contributed by atoms with Crippen molar-refractivity contribution >= 4 is 22.4 Å². The fraction of sp³-hybridized carbons (Fsp3) is 0.667. The average molecular weight is 269 g/mol. The van der Waals surface area contributed by atoms with Crippen LogP contribution in [0.4, 0.5) is 24.0 Å². The van der Waals surface area contributed by atoms with Gasteiger partial charge in [-0.05, 0) is 24.9 Å². The van der Waals surface area contributed by atoms with Gasteiger partial charge in [0.25, 0.3) is 0 Å². The number of hydrogen-bond donors (Lipinski definition) is 2. The van der Waals surface area contributed by atoms with Gasteiger partial charge >= 0.3 is 6.18 Å². The second-order valence-electron chi connectivity index (χ2n) is 3.30. The van der Waals surface area contributed by atoms with Gasteiger partial charge in [0.15, 0.2) is 16.6 Å². The number of anilines is 2. The van der Waals surface area contributed by atoms with Crippen molar-refractivity contribution in [2.45, 2.75) is 25.9 Å². The van der Waals surface area contributed by atoms with Gasteiger partial charge in [-0.1, -0.05) is 0 Å². The summed E-state index contributed by atoms with van der Waals surface area (Å²) < 4.78 is 44.8. The molecule has 0 spiro atoms. The highest BCUT2D eigenvalue weighted by molar-refractivity contribution is 7.11. The Morgan fingerprint density at radius 2 is 2.18 bits per heavy atom. The molecule has 1 aromatic heterocycles. The second kappa shape index (κ2) is 5.95. The topological polar surface area (TPSA) is 60.2 Å². The zero-order valence-electron chi connectivity index (χ0n) is 9.30. The van der Waals surface area contributed by atoms with Gasteiger partial charge in [0.2, 0.25) is 0 Å². The van der Waals surface area contributed by atoms with E-state index >= 15 is 0 Å². The summed E-state index contributed by atoms with van der Waals surface area (Å²) in [7, 11) is 0. The van der Waals surface area contributed by atoms with E-state index in [1.165, 1.54) is 0 Å². The molecule has 0 radical (unpaired) electrons. The van der Waals surface area contributed by atoms with E-state index in [9.17, 15) is 13.2 Å². The van der Waals surface area contributed by atoms with Crippen molar-refractivity contribution in [1.82, 2.24) is 4.37 Å². The number of ether oxygens (including phenoxy) is 1. The molecule has 0 bridgehead atoms.